The number of benzene rings is 1. The largest absolute Gasteiger partial charge is 0.346 e. The van der Waals surface area contributed by atoms with Crippen LogP contribution in [0.4, 0.5) is 4.39 Å². The Morgan fingerprint density at radius 1 is 1.14 bits per heavy atom. The average Bonchev–Trinajstić information content (AvgIpc) is 2.52. The maximum absolute atomic E-state index is 13.9. The Kier molecular flexibility index (Phi) is 6.89. The van der Waals surface area contributed by atoms with Crippen molar-refractivity contribution >= 4 is 15.9 Å². The Balaban J connectivity index is 1.90. The summed E-state index contributed by atoms with van der Waals surface area (Å²) in [4.78, 5) is 13.2. The van der Waals surface area contributed by atoms with Crippen LogP contribution >= 0.6 is 0 Å². The number of hydrogen-bond acceptors (Lipinski definition) is 3. The fourth-order valence-corrected chi connectivity index (χ4v) is 5.54. The van der Waals surface area contributed by atoms with E-state index in [9.17, 15) is 17.6 Å². The van der Waals surface area contributed by atoms with Crippen molar-refractivity contribution < 1.29 is 22.5 Å². The van der Waals surface area contributed by atoms with E-state index in [1.807, 2.05) is 13.8 Å². The van der Waals surface area contributed by atoms with Crippen molar-refractivity contribution in [3.8, 4) is 0 Å². The molecule has 1 heterocycles. The van der Waals surface area contributed by atoms with Crippen LogP contribution in [0.2, 0.25) is 0 Å². The lowest BCUT2D eigenvalue weighted by Gasteiger charge is -2.35. The second kappa shape index (κ2) is 8.47. The zero-order valence-electron chi connectivity index (χ0n) is 17.5. The van der Waals surface area contributed by atoms with Gasteiger partial charge in [-0.3, -0.25) is 4.79 Å². The van der Waals surface area contributed by atoms with E-state index in [4.69, 9.17) is 0 Å². The fraction of sp³-hybridized carbons (Fsp3) is 0.650. The van der Waals surface area contributed by atoms with Gasteiger partial charge in [-0.2, -0.15) is 4.31 Å². The fourth-order valence-electron chi connectivity index (χ4n) is 4.03. The van der Waals surface area contributed by atoms with Crippen LogP contribution in [0.1, 0.15) is 41.0 Å². The highest BCUT2D eigenvalue weighted by Crippen LogP contribution is 2.26. The molecule has 1 aliphatic rings. The molecule has 6 nitrogen and oxygen atoms in total. The van der Waals surface area contributed by atoms with Gasteiger partial charge < -0.3 is 10.2 Å². The van der Waals surface area contributed by atoms with Crippen LogP contribution in [-0.4, -0.2) is 56.9 Å². The zero-order chi connectivity index (χ0) is 21.2. The van der Waals surface area contributed by atoms with E-state index in [1.165, 1.54) is 22.5 Å². The Morgan fingerprint density at radius 3 is 2.25 bits per heavy atom. The molecule has 0 unspecified atom stereocenters. The van der Waals surface area contributed by atoms with Gasteiger partial charge in [-0.05, 0) is 37.8 Å². The van der Waals surface area contributed by atoms with Crippen molar-refractivity contribution in [1.29, 1.82) is 0 Å². The summed E-state index contributed by atoms with van der Waals surface area (Å²) in [5.41, 5.74) is -0.193. The van der Waals surface area contributed by atoms with E-state index in [-0.39, 0.29) is 34.8 Å². The molecule has 1 amide bonds. The zero-order valence-corrected chi connectivity index (χ0v) is 18.3. The Bertz CT molecular complexity index is 795. The van der Waals surface area contributed by atoms with Gasteiger partial charge in [0, 0.05) is 5.54 Å². The summed E-state index contributed by atoms with van der Waals surface area (Å²) < 4.78 is 40.5. The van der Waals surface area contributed by atoms with E-state index in [2.05, 4.69) is 26.1 Å². The predicted molar refractivity (Wildman–Crippen MR) is 107 cm³/mol. The highest BCUT2D eigenvalue weighted by atomic mass is 32.2. The molecule has 1 saturated heterocycles. The van der Waals surface area contributed by atoms with Gasteiger partial charge >= 0.3 is 0 Å². The van der Waals surface area contributed by atoms with Crippen molar-refractivity contribution in [2.75, 3.05) is 32.7 Å². The van der Waals surface area contributed by atoms with E-state index < -0.39 is 15.8 Å². The van der Waals surface area contributed by atoms with Gasteiger partial charge in [0.15, 0.2) is 6.54 Å². The minimum absolute atomic E-state index is 0.0327. The molecule has 0 saturated carbocycles. The van der Waals surface area contributed by atoms with Crippen molar-refractivity contribution in [2.45, 2.75) is 51.5 Å². The van der Waals surface area contributed by atoms with Gasteiger partial charge in [-0.15, -0.1) is 0 Å². The van der Waals surface area contributed by atoms with Crippen LogP contribution in [0.3, 0.4) is 0 Å². The molecule has 2 N–H and O–H groups in total. The minimum Gasteiger partial charge on any atom is -0.346 e. The minimum atomic E-state index is -3.85. The summed E-state index contributed by atoms with van der Waals surface area (Å²) in [5.74, 6) is -0.771. The standard InChI is InChI=1S/C20H32FN3O3S/c1-19(2,3)15-20(4,5)22-18(25)14-23-10-12-24(13-11-23)28(26,27)17-9-7-6-8-16(17)21/h6-9H,10-15H2,1-5H3,(H,22,25)/p+1. The average molecular weight is 415 g/mol. The monoisotopic (exact) mass is 414 g/mol. The third-order valence-electron chi connectivity index (χ3n) is 4.74. The normalized spacial score (nSPS) is 17.5. The second-order valence-corrected chi connectivity index (χ2v) is 11.3. The third-order valence-corrected chi connectivity index (χ3v) is 6.68. The smallest absolute Gasteiger partial charge is 0.275 e. The number of quaternary nitrogens is 1. The number of amides is 1. The lowest BCUT2D eigenvalue weighted by atomic mass is 9.82. The maximum Gasteiger partial charge on any atom is 0.275 e. The molecule has 0 aromatic heterocycles. The van der Waals surface area contributed by atoms with Crippen LogP contribution in [0.15, 0.2) is 29.2 Å². The summed E-state index contributed by atoms with van der Waals surface area (Å²) in [6, 6.07) is 5.42. The van der Waals surface area contributed by atoms with E-state index in [0.717, 1.165) is 17.4 Å². The molecule has 0 radical (unpaired) electrons. The van der Waals surface area contributed by atoms with Crippen molar-refractivity contribution in [3.05, 3.63) is 30.1 Å². The summed E-state index contributed by atoms with van der Waals surface area (Å²) in [5, 5.41) is 3.09. The maximum atomic E-state index is 13.9. The Labute approximate surface area is 168 Å². The summed E-state index contributed by atoms with van der Waals surface area (Å²) >= 11 is 0. The van der Waals surface area contributed by atoms with Gasteiger partial charge in [0.2, 0.25) is 10.0 Å². The molecular formula is C20H33FN3O3S+. The van der Waals surface area contributed by atoms with Gasteiger partial charge in [-0.1, -0.05) is 32.9 Å². The van der Waals surface area contributed by atoms with Crippen LogP contribution in [-0.2, 0) is 14.8 Å². The first kappa shape index (κ1) is 22.8. The molecule has 158 valence electrons. The van der Waals surface area contributed by atoms with Crippen LogP contribution in [0.5, 0.6) is 0 Å². The predicted octanol–water partition coefficient (Wildman–Crippen LogP) is 1.05. The first-order chi connectivity index (χ1) is 12.8. The van der Waals surface area contributed by atoms with Crippen LogP contribution in [0, 0.1) is 11.2 Å². The van der Waals surface area contributed by atoms with E-state index in [1.54, 1.807) is 0 Å². The number of rotatable bonds is 6. The van der Waals surface area contributed by atoms with Gasteiger partial charge in [-0.25, -0.2) is 12.8 Å². The molecule has 1 aromatic rings. The Morgan fingerprint density at radius 2 is 1.71 bits per heavy atom. The first-order valence-corrected chi connectivity index (χ1v) is 11.1. The van der Waals surface area contributed by atoms with E-state index >= 15 is 0 Å². The van der Waals surface area contributed by atoms with Gasteiger partial charge in [0.25, 0.3) is 5.91 Å². The molecule has 0 atom stereocenters. The van der Waals surface area contributed by atoms with Gasteiger partial charge in [0.05, 0.1) is 26.2 Å². The number of piperazine rings is 1. The van der Waals surface area contributed by atoms with Gasteiger partial charge in [0.1, 0.15) is 10.7 Å². The second-order valence-electron chi connectivity index (χ2n) is 9.43. The molecule has 1 aromatic carbocycles. The molecular weight excluding hydrogens is 381 g/mol. The lowest BCUT2D eigenvalue weighted by Crippen LogP contribution is -3.16. The molecule has 28 heavy (non-hydrogen) atoms. The number of nitrogens with zero attached hydrogens (tertiary/aromatic N) is 1. The number of sulfonamides is 1. The van der Waals surface area contributed by atoms with Crippen molar-refractivity contribution in [3.63, 3.8) is 0 Å². The topological polar surface area (TPSA) is 70.9 Å². The first-order valence-electron chi connectivity index (χ1n) is 9.69. The molecule has 8 heteroatoms. The van der Waals surface area contributed by atoms with Crippen LogP contribution < -0.4 is 10.2 Å². The highest BCUT2D eigenvalue weighted by molar-refractivity contribution is 7.89. The summed E-state index contributed by atoms with van der Waals surface area (Å²) in [6.07, 6.45) is 0.857. The molecule has 2 rings (SSSR count). The summed E-state index contributed by atoms with van der Waals surface area (Å²) in [6.45, 7) is 12.3. The number of carbonyl (C=O) groups is 1. The molecule has 0 aliphatic carbocycles. The highest BCUT2D eigenvalue weighted by Gasteiger charge is 2.33. The number of hydrogen-bond donors (Lipinski definition) is 2. The lowest BCUT2D eigenvalue weighted by molar-refractivity contribution is -0.895. The molecule has 1 fully saturated rings. The summed E-state index contributed by atoms with van der Waals surface area (Å²) in [7, 11) is -3.85. The number of halogens is 1. The SMILES string of the molecule is CC(C)(C)CC(C)(C)NC(=O)C[NH+]1CCN(S(=O)(=O)c2ccccc2F)CC1. The Hall–Kier alpha value is -1.51. The molecule has 0 bridgehead atoms. The molecule has 1 aliphatic heterocycles. The number of carbonyl (C=O) groups excluding carboxylic acids is 1. The van der Waals surface area contributed by atoms with E-state index in [0.29, 0.717) is 19.6 Å². The van der Waals surface area contributed by atoms with Crippen LogP contribution in [0.25, 0.3) is 0 Å². The third kappa shape index (κ3) is 6.25. The number of nitrogens with one attached hydrogen (secondary N) is 2. The van der Waals surface area contributed by atoms with Crippen molar-refractivity contribution in [1.82, 2.24) is 9.62 Å². The molecule has 0 spiro atoms. The van der Waals surface area contributed by atoms with Crippen molar-refractivity contribution in [2.24, 2.45) is 5.41 Å². The quantitative estimate of drug-likeness (QED) is 0.731.